The molecule has 2 saturated heterocycles. The van der Waals surface area contributed by atoms with Gasteiger partial charge in [-0.3, -0.25) is 0 Å². The zero-order valence-electron chi connectivity index (χ0n) is 12.1. The molecule has 3 rings (SSSR count). The third kappa shape index (κ3) is 3.30. The van der Waals surface area contributed by atoms with Crippen LogP contribution < -0.4 is 5.32 Å². The molecule has 1 spiro atoms. The number of nitrogens with one attached hydrogen (secondary N) is 1. The van der Waals surface area contributed by atoms with Crippen LogP contribution in [-0.4, -0.2) is 51.7 Å². The molecule has 1 saturated carbocycles. The van der Waals surface area contributed by atoms with E-state index in [4.69, 9.17) is 14.2 Å². The number of hydrogen-bond donors (Lipinski definition) is 1. The van der Waals surface area contributed by atoms with Gasteiger partial charge in [-0.2, -0.15) is 0 Å². The topological polar surface area (TPSA) is 39.7 Å². The van der Waals surface area contributed by atoms with E-state index < -0.39 is 0 Å². The van der Waals surface area contributed by atoms with Crippen LogP contribution in [0.2, 0.25) is 0 Å². The SMILES string of the molecule is COCCC1(CNC2CCOC3(CCOC3)C2)CC1. The molecule has 2 aliphatic heterocycles. The molecule has 4 heteroatoms. The third-order valence-electron chi connectivity index (χ3n) is 5.12. The number of methoxy groups -OCH3 is 1. The Balaban J connectivity index is 1.45. The standard InChI is InChI=1S/C15H27NO3/c1-17-8-5-14(3-4-14)11-16-13-2-7-19-15(10-13)6-9-18-12-15/h13,16H,2-12H2,1H3. The van der Waals surface area contributed by atoms with Crippen LogP contribution >= 0.6 is 0 Å². The van der Waals surface area contributed by atoms with Crippen LogP contribution in [0.4, 0.5) is 0 Å². The van der Waals surface area contributed by atoms with Gasteiger partial charge < -0.3 is 19.5 Å². The normalized spacial score (nSPS) is 36.8. The van der Waals surface area contributed by atoms with Crippen molar-refractivity contribution in [2.75, 3.05) is 40.1 Å². The summed E-state index contributed by atoms with van der Waals surface area (Å²) >= 11 is 0. The van der Waals surface area contributed by atoms with Gasteiger partial charge in [0.2, 0.25) is 0 Å². The Labute approximate surface area is 116 Å². The quantitative estimate of drug-likeness (QED) is 0.797. The minimum atomic E-state index is 0.0269. The van der Waals surface area contributed by atoms with Crippen molar-refractivity contribution in [2.24, 2.45) is 5.41 Å². The maximum Gasteiger partial charge on any atom is 0.0951 e. The van der Waals surface area contributed by atoms with Crippen molar-refractivity contribution < 1.29 is 14.2 Å². The molecule has 19 heavy (non-hydrogen) atoms. The Morgan fingerprint density at radius 2 is 2.16 bits per heavy atom. The Morgan fingerprint density at radius 1 is 1.26 bits per heavy atom. The van der Waals surface area contributed by atoms with Gasteiger partial charge in [0.25, 0.3) is 0 Å². The summed E-state index contributed by atoms with van der Waals surface area (Å²) in [6.45, 7) is 4.59. The summed E-state index contributed by atoms with van der Waals surface area (Å²) in [7, 11) is 1.80. The average molecular weight is 269 g/mol. The summed E-state index contributed by atoms with van der Waals surface area (Å²) in [5.41, 5.74) is 0.562. The summed E-state index contributed by atoms with van der Waals surface area (Å²) in [5.74, 6) is 0. The fourth-order valence-electron chi connectivity index (χ4n) is 3.44. The molecule has 110 valence electrons. The fraction of sp³-hybridized carbons (Fsp3) is 1.00. The lowest BCUT2D eigenvalue weighted by Crippen LogP contribution is -2.48. The first-order chi connectivity index (χ1) is 9.26. The number of ether oxygens (including phenoxy) is 3. The average Bonchev–Trinajstić information content (AvgIpc) is 3.08. The Morgan fingerprint density at radius 3 is 2.84 bits per heavy atom. The summed E-state index contributed by atoms with van der Waals surface area (Å²) in [5, 5.41) is 3.79. The highest BCUT2D eigenvalue weighted by atomic mass is 16.6. The molecule has 0 aromatic rings. The number of hydrogen-bond acceptors (Lipinski definition) is 4. The maximum atomic E-state index is 5.98. The van der Waals surface area contributed by atoms with Crippen molar-refractivity contribution in [2.45, 2.75) is 50.2 Å². The van der Waals surface area contributed by atoms with E-state index in [1.54, 1.807) is 7.11 Å². The van der Waals surface area contributed by atoms with E-state index in [1.807, 2.05) is 0 Å². The van der Waals surface area contributed by atoms with Gasteiger partial charge >= 0.3 is 0 Å². The monoisotopic (exact) mass is 269 g/mol. The molecular formula is C15H27NO3. The van der Waals surface area contributed by atoms with E-state index in [0.29, 0.717) is 11.5 Å². The van der Waals surface area contributed by atoms with Gasteiger partial charge in [0.15, 0.2) is 0 Å². The van der Waals surface area contributed by atoms with Gasteiger partial charge in [0.05, 0.1) is 12.2 Å². The molecule has 2 heterocycles. The second kappa shape index (κ2) is 5.68. The van der Waals surface area contributed by atoms with Crippen LogP contribution in [0.15, 0.2) is 0 Å². The van der Waals surface area contributed by atoms with E-state index in [1.165, 1.54) is 19.3 Å². The van der Waals surface area contributed by atoms with E-state index in [0.717, 1.165) is 52.2 Å². The van der Waals surface area contributed by atoms with Crippen LogP contribution in [-0.2, 0) is 14.2 Å². The highest BCUT2D eigenvalue weighted by Crippen LogP contribution is 2.48. The zero-order valence-corrected chi connectivity index (χ0v) is 12.1. The molecule has 0 aromatic carbocycles. The van der Waals surface area contributed by atoms with Crippen molar-refractivity contribution in [3.8, 4) is 0 Å². The van der Waals surface area contributed by atoms with Gasteiger partial charge in [-0.1, -0.05) is 0 Å². The number of rotatable bonds is 6. The fourth-order valence-corrected chi connectivity index (χ4v) is 3.44. The van der Waals surface area contributed by atoms with Crippen molar-refractivity contribution in [1.82, 2.24) is 5.32 Å². The van der Waals surface area contributed by atoms with Crippen LogP contribution in [0.5, 0.6) is 0 Å². The molecule has 1 N–H and O–H groups in total. The van der Waals surface area contributed by atoms with Crippen molar-refractivity contribution in [3.05, 3.63) is 0 Å². The van der Waals surface area contributed by atoms with Crippen molar-refractivity contribution in [3.63, 3.8) is 0 Å². The van der Waals surface area contributed by atoms with Gasteiger partial charge in [0, 0.05) is 45.9 Å². The summed E-state index contributed by atoms with van der Waals surface area (Å²) in [6, 6.07) is 0.607. The second-order valence-corrected chi connectivity index (χ2v) is 6.65. The highest BCUT2D eigenvalue weighted by molar-refractivity contribution is 4.98. The molecule has 0 aromatic heterocycles. The first-order valence-corrected chi connectivity index (χ1v) is 7.70. The molecule has 0 bridgehead atoms. The first kappa shape index (κ1) is 13.8. The smallest absolute Gasteiger partial charge is 0.0951 e. The van der Waals surface area contributed by atoms with E-state index >= 15 is 0 Å². The molecule has 1 aliphatic carbocycles. The van der Waals surface area contributed by atoms with Gasteiger partial charge in [0.1, 0.15) is 0 Å². The predicted molar refractivity (Wildman–Crippen MR) is 73.3 cm³/mol. The second-order valence-electron chi connectivity index (χ2n) is 6.65. The minimum Gasteiger partial charge on any atom is -0.385 e. The summed E-state index contributed by atoms with van der Waals surface area (Å²) < 4.78 is 16.7. The van der Waals surface area contributed by atoms with Gasteiger partial charge in [-0.05, 0) is 37.5 Å². The lowest BCUT2D eigenvalue weighted by atomic mass is 9.89. The molecule has 2 atom stereocenters. The van der Waals surface area contributed by atoms with Crippen LogP contribution in [0, 0.1) is 5.41 Å². The lowest BCUT2D eigenvalue weighted by Gasteiger charge is -2.38. The molecule has 4 nitrogen and oxygen atoms in total. The molecule has 2 unspecified atom stereocenters. The molecular weight excluding hydrogens is 242 g/mol. The van der Waals surface area contributed by atoms with Crippen molar-refractivity contribution in [1.29, 1.82) is 0 Å². The van der Waals surface area contributed by atoms with Crippen LogP contribution in [0.3, 0.4) is 0 Å². The summed E-state index contributed by atoms with van der Waals surface area (Å²) in [6.07, 6.45) is 7.26. The molecule has 0 radical (unpaired) electrons. The predicted octanol–water partition coefficient (Wildman–Crippen LogP) is 1.73. The lowest BCUT2D eigenvalue weighted by molar-refractivity contribution is -0.0897. The molecule has 3 aliphatic rings. The van der Waals surface area contributed by atoms with E-state index in [2.05, 4.69) is 5.32 Å². The van der Waals surface area contributed by atoms with Crippen LogP contribution in [0.1, 0.15) is 38.5 Å². The molecule has 0 amide bonds. The third-order valence-corrected chi connectivity index (χ3v) is 5.12. The van der Waals surface area contributed by atoms with E-state index in [9.17, 15) is 0 Å². The minimum absolute atomic E-state index is 0.0269. The van der Waals surface area contributed by atoms with E-state index in [-0.39, 0.29) is 5.60 Å². The zero-order chi connectivity index (χ0) is 13.2. The van der Waals surface area contributed by atoms with Gasteiger partial charge in [-0.25, -0.2) is 0 Å². The Bertz CT molecular complexity index is 298. The Hall–Kier alpha value is -0.160. The highest BCUT2D eigenvalue weighted by Gasteiger charge is 2.44. The first-order valence-electron chi connectivity index (χ1n) is 7.70. The maximum absolute atomic E-state index is 5.98. The summed E-state index contributed by atoms with van der Waals surface area (Å²) in [4.78, 5) is 0. The van der Waals surface area contributed by atoms with Gasteiger partial charge in [-0.15, -0.1) is 0 Å². The van der Waals surface area contributed by atoms with Crippen LogP contribution in [0.25, 0.3) is 0 Å². The molecule has 3 fully saturated rings. The Kier molecular flexibility index (Phi) is 4.13. The largest absolute Gasteiger partial charge is 0.385 e. The van der Waals surface area contributed by atoms with Crippen molar-refractivity contribution >= 4 is 0 Å².